The number of rotatable bonds is 2. The molecule has 0 aliphatic carbocycles. The SMILES string of the molecule is CN/C=C1/N=CC(C)=C1C=N. The predicted octanol–water partition coefficient (Wildman–Crippen LogP) is 1.10. The molecular weight excluding hydrogens is 138 g/mol. The smallest absolute Gasteiger partial charge is 0.0876 e. The quantitative estimate of drug-likeness (QED) is 0.567. The summed E-state index contributed by atoms with van der Waals surface area (Å²) in [5.41, 5.74) is 2.76. The Morgan fingerprint density at radius 2 is 2.36 bits per heavy atom. The summed E-state index contributed by atoms with van der Waals surface area (Å²) in [4.78, 5) is 4.11. The zero-order chi connectivity index (χ0) is 8.27. The topological polar surface area (TPSA) is 48.2 Å². The van der Waals surface area contributed by atoms with Crippen LogP contribution in [0.25, 0.3) is 0 Å². The molecule has 1 aliphatic rings. The van der Waals surface area contributed by atoms with E-state index in [1.165, 1.54) is 6.21 Å². The van der Waals surface area contributed by atoms with Crippen molar-refractivity contribution in [3.8, 4) is 0 Å². The van der Waals surface area contributed by atoms with E-state index in [1.54, 1.807) is 12.4 Å². The predicted molar refractivity (Wildman–Crippen MR) is 47.1 cm³/mol. The number of hydrogen-bond acceptors (Lipinski definition) is 3. The Bertz CT molecular complexity index is 259. The molecule has 1 aliphatic heterocycles. The molecule has 58 valence electrons. The number of nitrogens with zero attached hydrogens (tertiary/aromatic N) is 1. The number of nitrogens with one attached hydrogen (secondary N) is 2. The molecule has 0 saturated heterocycles. The van der Waals surface area contributed by atoms with Gasteiger partial charge in [-0.2, -0.15) is 0 Å². The molecule has 1 heterocycles. The highest BCUT2D eigenvalue weighted by molar-refractivity contribution is 5.98. The van der Waals surface area contributed by atoms with Crippen LogP contribution >= 0.6 is 0 Å². The van der Waals surface area contributed by atoms with E-state index < -0.39 is 0 Å². The van der Waals surface area contributed by atoms with Gasteiger partial charge in [0.2, 0.25) is 0 Å². The van der Waals surface area contributed by atoms with Gasteiger partial charge in [-0.1, -0.05) is 0 Å². The van der Waals surface area contributed by atoms with Crippen LogP contribution in [0.3, 0.4) is 0 Å². The summed E-state index contributed by atoms with van der Waals surface area (Å²) < 4.78 is 0. The fourth-order valence-electron chi connectivity index (χ4n) is 0.947. The van der Waals surface area contributed by atoms with E-state index in [9.17, 15) is 0 Å². The van der Waals surface area contributed by atoms with E-state index in [2.05, 4.69) is 10.3 Å². The summed E-state index contributed by atoms with van der Waals surface area (Å²) >= 11 is 0. The lowest BCUT2D eigenvalue weighted by Crippen LogP contribution is -1.96. The zero-order valence-corrected chi connectivity index (χ0v) is 6.68. The second-order valence-electron chi connectivity index (χ2n) is 2.32. The molecule has 3 nitrogen and oxygen atoms in total. The average Bonchev–Trinajstić information content (AvgIpc) is 2.33. The molecule has 0 amide bonds. The highest BCUT2D eigenvalue weighted by Crippen LogP contribution is 2.18. The lowest BCUT2D eigenvalue weighted by molar-refractivity contribution is 1.08. The van der Waals surface area contributed by atoms with Gasteiger partial charge in [-0.3, -0.25) is 4.99 Å². The van der Waals surface area contributed by atoms with E-state index in [1.807, 2.05) is 14.0 Å². The summed E-state index contributed by atoms with van der Waals surface area (Å²) in [6.45, 7) is 1.94. The average molecular weight is 149 g/mol. The Kier molecular flexibility index (Phi) is 2.21. The molecular formula is C8H11N3. The van der Waals surface area contributed by atoms with E-state index in [0.29, 0.717) is 0 Å². The van der Waals surface area contributed by atoms with Gasteiger partial charge < -0.3 is 10.7 Å². The van der Waals surface area contributed by atoms with E-state index in [0.717, 1.165) is 16.8 Å². The van der Waals surface area contributed by atoms with Crippen molar-refractivity contribution in [2.24, 2.45) is 4.99 Å². The van der Waals surface area contributed by atoms with E-state index in [4.69, 9.17) is 5.41 Å². The van der Waals surface area contributed by atoms with Gasteiger partial charge in [0.15, 0.2) is 0 Å². The molecule has 0 aromatic heterocycles. The molecule has 0 spiro atoms. The van der Waals surface area contributed by atoms with Crippen LogP contribution in [0.5, 0.6) is 0 Å². The maximum absolute atomic E-state index is 7.11. The maximum atomic E-state index is 7.11. The number of hydrogen-bond donors (Lipinski definition) is 2. The molecule has 11 heavy (non-hydrogen) atoms. The Morgan fingerprint density at radius 1 is 1.64 bits per heavy atom. The minimum Gasteiger partial charge on any atom is -0.392 e. The monoisotopic (exact) mass is 149 g/mol. The lowest BCUT2D eigenvalue weighted by Gasteiger charge is -1.96. The lowest BCUT2D eigenvalue weighted by atomic mass is 10.1. The molecule has 0 aromatic carbocycles. The van der Waals surface area contributed by atoms with Crippen LogP contribution in [0, 0.1) is 5.41 Å². The molecule has 1 rings (SSSR count). The van der Waals surface area contributed by atoms with Crippen molar-refractivity contribution in [2.75, 3.05) is 7.05 Å². The van der Waals surface area contributed by atoms with Gasteiger partial charge in [0.05, 0.1) is 5.70 Å². The third-order valence-electron chi connectivity index (χ3n) is 1.52. The van der Waals surface area contributed by atoms with Crippen LogP contribution in [0.4, 0.5) is 0 Å². The van der Waals surface area contributed by atoms with Gasteiger partial charge in [0.1, 0.15) is 0 Å². The van der Waals surface area contributed by atoms with Crippen LogP contribution in [0.15, 0.2) is 28.0 Å². The van der Waals surface area contributed by atoms with Crippen molar-refractivity contribution < 1.29 is 0 Å². The van der Waals surface area contributed by atoms with Gasteiger partial charge in [-0.25, -0.2) is 0 Å². The molecule has 0 bridgehead atoms. The van der Waals surface area contributed by atoms with Gasteiger partial charge in [0.25, 0.3) is 0 Å². The van der Waals surface area contributed by atoms with Gasteiger partial charge in [-0.15, -0.1) is 0 Å². The van der Waals surface area contributed by atoms with Gasteiger partial charge in [0, 0.05) is 31.2 Å². The van der Waals surface area contributed by atoms with Crippen molar-refractivity contribution in [3.05, 3.63) is 23.0 Å². The van der Waals surface area contributed by atoms with Crippen molar-refractivity contribution in [1.29, 1.82) is 5.41 Å². The molecule has 0 radical (unpaired) electrons. The first-order chi connectivity index (χ1) is 5.29. The van der Waals surface area contributed by atoms with Crippen molar-refractivity contribution in [3.63, 3.8) is 0 Å². The Balaban J connectivity index is 2.97. The van der Waals surface area contributed by atoms with E-state index >= 15 is 0 Å². The summed E-state index contributed by atoms with van der Waals surface area (Å²) in [5, 5.41) is 9.99. The first kappa shape index (κ1) is 7.72. The second-order valence-corrected chi connectivity index (χ2v) is 2.32. The normalized spacial score (nSPS) is 19.6. The van der Waals surface area contributed by atoms with Crippen LogP contribution in [-0.2, 0) is 0 Å². The van der Waals surface area contributed by atoms with Crippen LogP contribution in [0.1, 0.15) is 6.92 Å². The highest BCUT2D eigenvalue weighted by atomic mass is 14.8. The van der Waals surface area contributed by atoms with Gasteiger partial charge >= 0.3 is 0 Å². The minimum atomic E-state index is 0.833. The van der Waals surface area contributed by atoms with E-state index in [-0.39, 0.29) is 0 Å². The Labute approximate surface area is 66.0 Å². The number of allylic oxidation sites excluding steroid dienone is 2. The third kappa shape index (κ3) is 1.37. The fourth-order valence-corrected chi connectivity index (χ4v) is 0.947. The molecule has 0 unspecified atom stereocenters. The molecule has 0 atom stereocenters. The van der Waals surface area contributed by atoms with Crippen LogP contribution in [-0.4, -0.2) is 19.5 Å². The molecule has 2 N–H and O–H groups in total. The van der Waals surface area contributed by atoms with Crippen LogP contribution in [0.2, 0.25) is 0 Å². The molecule has 0 fully saturated rings. The maximum Gasteiger partial charge on any atom is 0.0876 e. The van der Waals surface area contributed by atoms with Crippen molar-refractivity contribution in [2.45, 2.75) is 6.92 Å². The summed E-state index contributed by atoms with van der Waals surface area (Å²) in [6.07, 6.45) is 4.88. The summed E-state index contributed by atoms with van der Waals surface area (Å²) in [6, 6.07) is 0. The zero-order valence-electron chi connectivity index (χ0n) is 6.68. The minimum absolute atomic E-state index is 0.833. The highest BCUT2D eigenvalue weighted by Gasteiger charge is 2.08. The largest absolute Gasteiger partial charge is 0.392 e. The standard InChI is InChI=1S/C8H11N3/c1-6-4-11-8(5-10-2)7(6)3-9/h3-5,9-10H,1-2H3/b8-5+,9-3?. The fraction of sp³-hybridized carbons (Fsp3) is 0.250. The second kappa shape index (κ2) is 3.14. The molecule has 0 aromatic rings. The van der Waals surface area contributed by atoms with Crippen LogP contribution < -0.4 is 5.32 Å². The third-order valence-corrected chi connectivity index (χ3v) is 1.52. The Hall–Kier alpha value is -1.38. The number of aliphatic imine (C=N–C) groups is 1. The summed E-state index contributed by atoms with van der Waals surface area (Å²) in [7, 11) is 1.82. The van der Waals surface area contributed by atoms with Gasteiger partial charge in [-0.05, 0) is 12.5 Å². The summed E-state index contributed by atoms with van der Waals surface area (Å²) in [5.74, 6) is 0. The first-order valence-corrected chi connectivity index (χ1v) is 3.43. The van der Waals surface area contributed by atoms with Crippen molar-refractivity contribution >= 4 is 12.4 Å². The first-order valence-electron chi connectivity index (χ1n) is 3.43. The molecule has 0 saturated carbocycles. The molecule has 3 heteroatoms. The van der Waals surface area contributed by atoms with Crippen molar-refractivity contribution in [1.82, 2.24) is 5.32 Å². The Morgan fingerprint density at radius 3 is 2.91 bits per heavy atom.